The number of ether oxygens (including phenoxy) is 2. The van der Waals surface area contributed by atoms with Gasteiger partial charge in [0.2, 0.25) is 0 Å². The third-order valence-corrected chi connectivity index (χ3v) is 9.40. The molecule has 4 nitrogen and oxygen atoms in total. The molecule has 33 heavy (non-hydrogen) atoms. The highest BCUT2D eigenvalue weighted by Gasteiger charge is 2.55. The van der Waals surface area contributed by atoms with E-state index in [1.54, 1.807) is 0 Å². The Hall–Kier alpha value is -1.19. The first-order valence-corrected chi connectivity index (χ1v) is 14.8. The third-order valence-electron chi connectivity index (χ3n) is 9.40. The molecule has 4 heteroatoms. The van der Waals surface area contributed by atoms with Gasteiger partial charge in [-0.1, -0.05) is 89.9 Å². The van der Waals surface area contributed by atoms with E-state index in [1.165, 1.54) is 141 Å². The number of rotatable bonds is 0. The van der Waals surface area contributed by atoms with Gasteiger partial charge in [-0.05, 0) is 51.4 Å². The van der Waals surface area contributed by atoms with Crippen molar-refractivity contribution in [2.24, 2.45) is 0 Å². The van der Waals surface area contributed by atoms with Crippen molar-refractivity contribution < 1.29 is 14.0 Å². The highest BCUT2D eigenvalue weighted by atomic mass is 16.5. The number of hydrogen-bond acceptors (Lipinski definition) is 2. The molecule has 2 aliphatic carbocycles. The molecule has 0 saturated heterocycles. The summed E-state index contributed by atoms with van der Waals surface area (Å²) in [6.07, 6.45) is 32.6. The summed E-state index contributed by atoms with van der Waals surface area (Å²) < 4.78 is 18.1. The molecule has 2 aliphatic heterocycles. The lowest BCUT2D eigenvalue weighted by atomic mass is 9.86. The summed E-state index contributed by atoms with van der Waals surface area (Å²) >= 11 is 0. The predicted molar refractivity (Wildman–Crippen MR) is 133 cm³/mol. The van der Waals surface area contributed by atoms with Crippen LogP contribution in [0.3, 0.4) is 0 Å². The van der Waals surface area contributed by atoms with E-state index in [1.807, 2.05) is 0 Å². The number of nitrogens with zero attached hydrogens (tertiary/aromatic N) is 2. The van der Waals surface area contributed by atoms with Gasteiger partial charge in [0.15, 0.2) is 0 Å². The molecule has 0 unspecified atom stereocenters. The normalized spacial score (nSPS) is 26.7. The summed E-state index contributed by atoms with van der Waals surface area (Å²) in [6.45, 7) is 1.71. The van der Waals surface area contributed by atoms with E-state index in [4.69, 9.17) is 9.47 Å². The van der Waals surface area contributed by atoms with Crippen molar-refractivity contribution in [2.45, 2.75) is 152 Å². The Morgan fingerprint density at radius 2 is 1.00 bits per heavy atom. The van der Waals surface area contributed by atoms with Crippen molar-refractivity contribution in [2.75, 3.05) is 13.2 Å². The van der Waals surface area contributed by atoms with Crippen LogP contribution in [-0.4, -0.2) is 17.8 Å². The Morgan fingerprint density at radius 3 is 1.52 bits per heavy atom. The molecule has 0 radical (unpaired) electrons. The molecule has 0 amide bonds. The van der Waals surface area contributed by atoms with Crippen LogP contribution in [0.2, 0.25) is 0 Å². The second-order valence-corrected chi connectivity index (χ2v) is 11.9. The molecule has 1 aromatic rings. The van der Waals surface area contributed by atoms with Crippen LogP contribution < -0.4 is 14.0 Å². The lowest BCUT2D eigenvalue weighted by Gasteiger charge is -2.27. The molecule has 4 aliphatic rings. The van der Waals surface area contributed by atoms with Crippen molar-refractivity contribution in [3.63, 3.8) is 0 Å². The van der Waals surface area contributed by atoms with Crippen LogP contribution in [0.1, 0.15) is 141 Å². The smallest absolute Gasteiger partial charge is 0.373 e. The molecule has 2 saturated carbocycles. The lowest BCUT2D eigenvalue weighted by Crippen LogP contribution is -2.54. The van der Waals surface area contributed by atoms with Gasteiger partial charge >= 0.3 is 11.8 Å². The van der Waals surface area contributed by atoms with Gasteiger partial charge in [-0.15, -0.1) is 0 Å². The molecule has 0 N–H and O–H groups in total. The van der Waals surface area contributed by atoms with Gasteiger partial charge in [-0.2, -0.15) is 9.13 Å². The van der Waals surface area contributed by atoms with Crippen molar-refractivity contribution in [1.29, 1.82) is 0 Å². The molecule has 5 rings (SSSR count). The maximum atomic E-state index is 6.49. The first-order chi connectivity index (χ1) is 16.3. The van der Waals surface area contributed by atoms with Crippen LogP contribution in [0.15, 0.2) is 6.33 Å². The highest BCUT2D eigenvalue weighted by molar-refractivity contribution is 5.29. The average molecular weight is 458 g/mol. The van der Waals surface area contributed by atoms with Crippen molar-refractivity contribution >= 4 is 0 Å². The van der Waals surface area contributed by atoms with Gasteiger partial charge in [-0.25, -0.2) is 0 Å². The van der Waals surface area contributed by atoms with Crippen molar-refractivity contribution in [3.8, 4) is 11.8 Å². The van der Waals surface area contributed by atoms with Crippen LogP contribution in [0, 0.1) is 0 Å². The van der Waals surface area contributed by atoms with Gasteiger partial charge in [0.05, 0.1) is 0 Å². The highest BCUT2D eigenvalue weighted by Crippen LogP contribution is 2.47. The minimum atomic E-state index is 0.155. The fourth-order valence-corrected chi connectivity index (χ4v) is 7.22. The summed E-state index contributed by atoms with van der Waals surface area (Å²) in [5.74, 6) is 2.09. The van der Waals surface area contributed by atoms with Crippen LogP contribution in [0.4, 0.5) is 0 Å². The zero-order chi connectivity index (χ0) is 22.4. The van der Waals surface area contributed by atoms with Crippen LogP contribution >= 0.6 is 0 Å². The fourth-order valence-electron chi connectivity index (χ4n) is 7.22. The topological polar surface area (TPSA) is 27.3 Å². The molecule has 2 spiro atoms. The Balaban J connectivity index is 1.38. The van der Waals surface area contributed by atoms with E-state index < -0.39 is 0 Å². The molecule has 0 bridgehead atoms. The predicted octanol–water partition coefficient (Wildman–Crippen LogP) is 7.56. The fraction of sp³-hybridized carbons (Fsp3) is 0.897. The minimum absolute atomic E-state index is 0.155. The molecular weight excluding hydrogens is 408 g/mol. The van der Waals surface area contributed by atoms with Gasteiger partial charge < -0.3 is 9.47 Å². The largest absolute Gasteiger partial charge is 0.452 e. The maximum Gasteiger partial charge on any atom is 0.373 e. The molecule has 186 valence electrons. The van der Waals surface area contributed by atoms with E-state index in [0.29, 0.717) is 0 Å². The summed E-state index contributed by atoms with van der Waals surface area (Å²) in [5.41, 5.74) is 0.309. The Kier molecular flexibility index (Phi) is 7.87. The molecular formula is C29H49N2O2+. The van der Waals surface area contributed by atoms with Gasteiger partial charge in [0.1, 0.15) is 24.3 Å². The van der Waals surface area contributed by atoms with E-state index in [0.717, 1.165) is 25.0 Å². The Labute approximate surface area is 202 Å². The monoisotopic (exact) mass is 457 g/mol. The van der Waals surface area contributed by atoms with Crippen LogP contribution in [0.5, 0.6) is 11.8 Å². The zero-order valence-electron chi connectivity index (χ0n) is 21.3. The average Bonchev–Trinajstić information content (AvgIpc) is 3.45. The molecule has 1 aromatic heterocycles. The Bertz CT molecular complexity index is 671. The number of aromatic nitrogens is 2. The van der Waals surface area contributed by atoms with Crippen LogP contribution in [0.25, 0.3) is 0 Å². The second kappa shape index (κ2) is 11.0. The van der Waals surface area contributed by atoms with Gasteiger partial charge in [0.25, 0.3) is 6.33 Å². The zero-order valence-corrected chi connectivity index (χ0v) is 21.3. The molecule has 0 aromatic carbocycles. The summed E-state index contributed by atoms with van der Waals surface area (Å²) in [4.78, 5) is 0. The number of imidazole rings is 1. The number of hydrogen-bond donors (Lipinski definition) is 0. The van der Waals surface area contributed by atoms with Gasteiger partial charge in [-0.3, -0.25) is 0 Å². The van der Waals surface area contributed by atoms with E-state index >= 15 is 0 Å². The van der Waals surface area contributed by atoms with E-state index in [2.05, 4.69) is 15.5 Å². The summed E-state index contributed by atoms with van der Waals surface area (Å²) in [5, 5.41) is 0. The number of fused-ring (bicyclic) bond motifs is 5. The standard InChI is InChI=1S/C29H49N2O2/c1-3-7-11-15-19-28(20-16-12-8-4-1)23-32-26-27-31(25-30(26)28)29(24-33-27)21-17-13-9-5-2-6-10-14-18-22-29/h25H,1-24H2/q+1. The van der Waals surface area contributed by atoms with Crippen molar-refractivity contribution in [3.05, 3.63) is 6.33 Å². The summed E-state index contributed by atoms with van der Waals surface area (Å²) in [7, 11) is 0. The van der Waals surface area contributed by atoms with Crippen LogP contribution in [-0.2, 0) is 11.1 Å². The second-order valence-electron chi connectivity index (χ2n) is 11.9. The Morgan fingerprint density at radius 1 is 0.545 bits per heavy atom. The first kappa shape index (κ1) is 23.5. The van der Waals surface area contributed by atoms with E-state index in [-0.39, 0.29) is 11.1 Å². The third kappa shape index (κ3) is 5.10. The molecule has 3 heterocycles. The van der Waals surface area contributed by atoms with E-state index in [9.17, 15) is 0 Å². The quantitative estimate of drug-likeness (QED) is 0.376. The van der Waals surface area contributed by atoms with Gasteiger partial charge in [0, 0.05) is 0 Å². The lowest BCUT2D eigenvalue weighted by molar-refractivity contribution is -0.748. The summed E-state index contributed by atoms with van der Waals surface area (Å²) in [6, 6.07) is 0. The minimum Gasteiger partial charge on any atom is -0.452 e. The first-order valence-electron chi connectivity index (χ1n) is 14.8. The molecule has 2 fully saturated rings. The molecule has 0 atom stereocenters. The SMILES string of the molecule is c1n2c(c3[n+]1C1(CCCCCCCCCCC1)CO3)OCC21CCCCCCCCCCC1. The van der Waals surface area contributed by atoms with Crippen molar-refractivity contribution in [1.82, 2.24) is 4.57 Å². The maximum absolute atomic E-state index is 6.49.